The third-order valence-electron chi connectivity index (χ3n) is 2.34. The number of carbonyl (C=O) groups excluding carboxylic acids is 1. The Morgan fingerprint density at radius 1 is 1.47 bits per heavy atom. The fourth-order valence-corrected chi connectivity index (χ4v) is 1.80. The summed E-state index contributed by atoms with van der Waals surface area (Å²) in [5.41, 5.74) is 0.483. The van der Waals surface area contributed by atoms with Gasteiger partial charge >= 0.3 is 5.97 Å². The van der Waals surface area contributed by atoms with Gasteiger partial charge in [0.1, 0.15) is 6.04 Å². The molecule has 0 spiro atoms. The molecule has 0 aliphatic carbocycles. The van der Waals surface area contributed by atoms with Gasteiger partial charge in [-0.2, -0.15) is 0 Å². The molecule has 1 aromatic rings. The molecule has 0 fully saturated rings. The lowest BCUT2D eigenvalue weighted by molar-refractivity contribution is -0.139. The number of carbonyl (C=O) groups is 2. The van der Waals surface area contributed by atoms with E-state index in [1.165, 1.54) is 11.8 Å². The third kappa shape index (κ3) is 3.78. The lowest BCUT2D eigenvalue weighted by Crippen LogP contribution is -2.40. The van der Waals surface area contributed by atoms with Crippen LogP contribution in [0.4, 0.5) is 0 Å². The molecule has 0 bridgehead atoms. The third-order valence-corrected chi connectivity index (χ3v) is 3.07. The summed E-state index contributed by atoms with van der Waals surface area (Å²) in [5.74, 6) is -1.36. The molecule has 0 saturated heterocycles. The van der Waals surface area contributed by atoms with E-state index in [0.29, 0.717) is 12.0 Å². The summed E-state index contributed by atoms with van der Waals surface area (Å²) < 4.78 is 0. The standard InChI is InChI=1S/C12H15NO3S/c1-3-10(12(15)16)13-11(14)8-5-4-6-9(7-8)17-2/h4-7,10H,3H2,1-2H3,(H,13,14)(H,15,16). The lowest BCUT2D eigenvalue weighted by Gasteiger charge is -2.12. The van der Waals surface area contributed by atoms with Gasteiger partial charge in [0, 0.05) is 10.5 Å². The normalized spacial score (nSPS) is 11.9. The molecule has 1 amide bonds. The van der Waals surface area contributed by atoms with E-state index in [-0.39, 0.29) is 5.91 Å². The highest BCUT2D eigenvalue weighted by Crippen LogP contribution is 2.15. The second-order valence-corrected chi connectivity index (χ2v) is 4.38. The van der Waals surface area contributed by atoms with Crippen molar-refractivity contribution in [3.8, 4) is 0 Å². The number of benzene rings is 1. The fraction of sp³-hybridized carbons (Fsp3) is 0.333. The summed E-state index contributed by atoms with van der Waals surface area (Å²) in [6.45, 7) is 1.72. The van der Waals surface area contributed by atoms with Gasteiger partial charge in [0.2, 0.25) is 0 Å². The molecule has 0 aromatic heterocycles. The Balaban J connectivity index is 2.78. The van der Waals surface area contributed by atoms with Crippen molar-refractivity contribution in [1.82, 2.24) is 5.32 Å². The van der Waals surface area contributed by atoms with Crippen LogP contribution in [0.5, 0.6) is 0 Å². The van der Waals surface area contributed by atoms with Crippen molar-refractivity contribution in [3.05, 3.63) is 29.8 Å². The van der Waals surface area contributed by atoms with Gasteiger partial charge in [-0.15, -0.1) is 11.8 Å². The zero-order valence-corrected chi connectivity index (χ0v) is 10.6. The predicted octanol–water partition coefficient (Wildman–Crippen LogP) is 2.00. The molecule has 1 rings (SSSR count). The first-order valence-electron chi connectivity index (χ1n) is 5.26. The van der Waals surface area contributed by atoms with Crippen LogP contribution in [0.25, 0.3) is 0 Å². The van der Waals surface area contributed by atoms with Crippen LogP contribution >= 0.6 is 11.8 Å². The van der Waals surface area contributed by atoms with Crippen LogP contribution < -0.4 is 5.32 Å². The first-order valence-corrected chi connectivity index (χ1v) is 6.48. The number of nitrogens with one attached hydrogen (secondary N) is 1. The van der Waals surface area contributed by atoms with Crippen molar-refractivity contribution < 1.29 is 14.7 Å². The highest BCUT2D eigenvalue weighted by molar-refractivity contribution is 7.98. The molecule has 2 N–H and O–H groups in total. The summed E-state index contributed by atoms with van der Waals surface area (Å²) >= 11 is 1.53. The predicted molar refractivity (Wildman–Crippen MR) is 67.4 cm³/mol. The van der Waals surface area contributed by atoms with Crippen molar-refractivity contribution in [2.45, 2.75) is 24.3 Å². The highest BCUT2D eigenvalue weighted by Gasteiger charge is 2.18. The second kappa shape index (κ2) is 6.30. The zero-order chi connectivity index (χ0) is 12.8. The van der Waals surface area contributed by atoms with Crippen molar-refractivity contribution in [2.75, 3.05) is 6.26 Å². The monoisotopic (exact) mass is 253 g/mol. The van der Waals surface area contributed by atoms with Crippen LogP contribution in [0.1, 0.15) is 23.7 Å². The molecule has 0 heterocycles. The van der Waals surface area contributed by atoms with E-state index in [2.05, 4.69) is 5.32 Å². The maximum Gasteiger partial charge on any atom is 0.326 e. The van der Waals surface area contributed by atoms with Gasteiger partial charge in [0.05, 0.1) is 0 Å². The van der Waals surface area contributed by atoms with Crippen LogP contribution in [0, 0.1) is 0 Å². The van der Waals surface area contributed by atoms with Crippen LogP contribution in [-0.4, -0.2) is 29.3 Å². The largest absolute Gasteiger partial charge is 0.480 e. The minimum Gasteiger partial charge on any atom is -0.480 e. The second-order valence-electron chi connectivity index (χ2n) is 3.50. The maximum atomic E-state index is 11.8. The van der Waals surface area contributed by atoms with Gasteiger partial charge in [-0.05, 0) is 30.9 Å². The molecule has 4 nitrogen and oxygen atoms in total. The van der Waals surface area contributed by atoms with Gasteiger partial charge in [0.25, 0.3) is 5.91 Å². The Kier molecular flexibility index (Phi) is 5.03. The van der Waals surface area contributed by atoms with Gasteiger partial charge in [-0.25, -0.2) is 4.79 Å². The van der Waals surface area contributed by atoms with Crippen LogP contribution in [0.2, 0.25) is 0 Å². The van der Waals surface area contributed by atoms with E-state index >= 15 is 0 Å². The number of carboxylic acids is 1. The first kappa shape index (κ1) is 13.6. The molecule has 0 saturated carbocycles. The number of thioether (sulfide) groups is 1. The van der Waals surface area contributed by atoms with Crippen molar-refractivity contribution >= 4 is 23.6 Å². The van der Waals surface area contributed by atoms with Crippen molar-refractivity contribution in [3.63, 3.8) is 0 Å². The number of hydrogen-bond acceptors (Lipinski definition) is 3. The number of carboxylic acid groups (broad SMARTS) is 1. The van der Waals surface area contributed by atoms with E-state index in [1.807, 2.05) is 12.3 Å². The topological polar surface area (TPSA) is 66.4 Å². The van der Waals surface area contributed by atoms with E-state index in [0.717, 1.165) is 4.90 Å². The van der Waals surface area contributed by atoms with Crippen LogP contribution in [0.3, 0.4) is 0 Å². The van der Waals surface area contributed by atoms with Gasteiger partial charge in [-0.3, -0.25) is 4.79 Å². The van der Waals surface area contributed by atoms with E-state index in [1.54, 1.807) is 25.1 Å². The molecule has 92 valence electrons. The molecule has 0 aliphatic rings. The number of rotatable bonds is 5. The number of hydrogen-bond donors (Lipinski definition) is 2. The SMILES string of the molecule is CCC(NC(=O)c1cccc(SC)c1)C(=O)O. The lowest BCUT2D eigenvalue weighted by atomic mass is 10.1. The molecule has 1 atom stereocenters. The molecule has 17 heavy (non-hydrogen) atoms. The smallest absolute Gasteiger partial charge is 0.326 e. The van der Waals surface area contributed by atoms with E-state index < -0.39 is 12.0 Å². The molecule has 0 radical (unpaired) electrons. The van der Waals surface area contributed by atoms with Crippen LogP contribution in [-0.2, 0) is 4.79 Å². The summed E-state index contributed by atoms with van der Waals surface area (Å²) in [6, 6.07) is 6.26. The Morgan fingerprint density at radius 2 is 2.18 bits per heavy atom. The average Bonchev–Trinajstić information content (AvgIpc) is 2.35. The van der Waals surface area contributed by atoms with E-state index in [4.69, 9.17) is 5.11 Å². The number of aliphatic carboxylic acids is 1. The van der Waals surface area contributed by atoms with Crippen molar-refractivity contribution in [2.24, 2.45) is 0 Å². The van der Waals surface area contributed by atoms with E-state index in [9.17, 15) is 9.59 Å². The zero-order valence-electron chi connectivity index (χ0n) is 9.77. The molecule has 1 unspecified atom stereocenters. The fourth-order valence-electron chi connectivity index (χ4n) is 1.34. The minimum atomic E-state index is -1.01. The Hall–Kier alpha value is -1.49. The minimum absolute atomic E-state index is 0.352. The number of amides is 1. The molecule has 1 aromatic carbocycles. The Labute approximate surface area is 104 Å². The maximum absolute atomic E-state index is 11.8. The highest BCUT2D eigenvalue weighted by atomic mass is 32.2. The average molecular weight is 253 g/mol. The first-order chi connectivity index (χ1) is 8.08. The van der Waals surface area contributed by atoms with Gasteiger partial charge < -0.3 is 10.4 Å². The molecular weight excluding hydrogens is 238 g/mol. The summed E-state index contributed by atoms with van der Waals surface area (Å²) in [7, 11) is 0. The van der Waals surface area contributed by atoms with Gasteiger partial charge in [-0.1, -0.05) is 13.0 Å². The summed E-state index contributed by atoms with van der Waals surface area (Å²) in [5, 5.41) is 11.3. The quantitative estimate of drug-likeness (QED) is 0.788. The summed E-state index contributed by atoms with van der Waals surface area (Å²) in [4.78, 5) is 23.6. The van der Waals surface area contributed by atoms with Crippen LogP contribution in [0.15, 0.2) is 29.2 Å². The van der Waals surface area contributed by atoms with Crippen molar-refractivity contribution in [1.29, 1.82) is 0 Å². The van der Waals surface area contributed by atoms with Gasteiger partial charge in [0.15, 0.2) is 0 Å². The molecule has 5 heteroatoms. The molecule has 0 aliphatic heterocycles. The summed E-state index contributed by atoms with van der Waals surface area (Å²) in [6.07, 6.45) is 2.28. The Bertz CT molecular complexity index is 420. The Morgan fingerprint density at radius 3 is 2.71 bits per heavy atom. The molecular formula is C12H15NO3S.